The van der Waals surface area contributed by atoms with Crippen molar-refractivity contribution in [3.8, 4) is 0 Å². The summed E-state index contributed by atoms with van der Waals surface area (Å²) in [6.07, 6.45) is -1.49. The van der Waals surface area contributed by atoms with E-state index in [-0.39, 0.29) is 17.9 Å². The lowest BCUT2D eigenvalue weighted by atomic mass is 9.99. The first kappa shape index (κ1) is 13.4. The monoisotopic (exact) mass is 254 g/mol. The van der Waals surface area contributed by atoms with E-state index in [1.54, 1.807) is 12.1 Å². The molecule has 1 aliphatic rings. The number of nitrogens with two attached hydrogens (primary N) is 1. The number of aliphatic hydroxyl groups excluding tert-OH is 2. The van der Waals surface area contributed by atoms with Crippen LogP contribution >= 0.6 is 0 Å². The molecule has 0 amide bonds. The number of nitrogens with zero attached hydrogens (tertiary/aromatic N) is 1. The van der Waals surface area contributed by atoms with Crippen LogP contribution in [0.3, 0.4) is 0 Å². The zero-order valence-corrected chi connectivity index (χ0v) is 10.3. The molecule has 4 N–H and O–H groups in total. The lowest BCUT2D eigenvalue weighted by Gasteiger charge is -2.31. The number of hydrogen-bond donors (Lipinski definition) is 3. The van der Waals surface area contributed by atoms with Crippen LogP contribution < -0.4 is 5.73 Å². The van der Waals surface area contributed by atoms with Crippen LogP contribution in [-0.2, 0) is 0 Å². The summed E-state index contributed by atoms with van der Waals surface area (Å²) in [4.78, 5) is 1.94. The van der Waals surface area contributed by atoms with E-state index in [2.05, 4.69) is 0 Å². The molecule has 1 aromatic rings. The van der Waals surface area contributed by atoms with Crippen LogP contribution in [0.25, 0.3) is 0 Å². The summed E-state index contributed by atoms with van der Waals surface area (Å²) in [6.45, 7) is 2.63. The van der Waals surface area contributed by atoms with Crippen LogP contribution in [0.2, 0.25) is 0 Å². The minimum Gasteiger partial charge on any atom is -0.389 e. The maximum absolute atomic E-state index is 12.9. The molecular weight excluding hydrogens is 235 g/mol. The van der Waals surface area contributed by atoms with E-state index in [0.29, 0.717) is 13.1 Å². The Bertz CT molecular complexity index is 386. The van der Waals surface area contributed by atoms with Gasteiger partial charge in [-0.1, -0.05) is 12.1 Å². The topological polar surface area (TPSA) is 69.7 Å². The van der Waals surface area contributed by atoms with Gasteiger partial charge in [-0.15, -0.1) is 0 Å². The largest absolute Gasteiger partial charge is 0.389 e. The van der Waals surface area contributed by atoms with Gasteiger partial charge in [0, 0.05) is 25.2 Å². The zero-order chi connectivity index (χ0) is 13.3. The third-order valence-electron chi connectivity index (χ3n) is 3.39. The van der Waals surface area contributed by atoms with Crippen molar-refractivity contribution in [2.45, 2.75) is 31.2 Å². The normalized spacial score (nSPS) is 28.3. The Labute approximate surface area is 106 Å². The molecule has 0 radical (unpaired) electrons. The van der Waals surface area contributed by atoms with Crippen molar-refractivity contribution in [1.82, 2.24) is 4.90 Å². The van der Waals surface area contributed by atoms with Gasteiger partial charge in [0.05, 0.1) is 12.2 Å². The zero-order valence-electron chi connectivity index (χ0n) is 10.3. The highest BCUT2D eigenvalue weighted by molar-refractivity contribution is 5.22. The molecule has 0 saturated carbocycles. The van der Waals surface area contributed by atoms with Crippen molar-refractivity contribution < 1.29 is 14.6 Å². The van der Waals surface area contributed by atoms with Gasteiger partial charge in [-0.05, 0) is 24.6 Å². The molecule has 1 fully saturated rings. The van der Waals surface area contributed by atoms with E-state index >= 15 is 0 Å². The molecule has 0 aliphatic carbocycles. The summed E-state index contributed by atoms with van der Waals surface area (Å²) < 4.78 is 12.9. The van der Waals surface area contributed by atoms with E-state index in [9.17, 15) is 14.6 Å². The molecule has 4 unspecified atom stereocenters. The van der Waals surface area contributed by atoms with Gasteiger partial charge in [0.15, 0.2) is 0 Å². The molecule has 2 rings (SSSR count). The average molecular weight is 254 g/mol. The molecule has 4 atom stereocenters. The van der Waals surface area contributed by atoms with Crippen molar-refractivity contribution in [1.29, 1.82) is 0 Å². The predicted octanol–water partition coefficient (Wildman–Crippen LogP) is 0.251. The highest BCUT2D eigenvalue weighted by atomic mass is 19.1. The maximum atomic E-state index is 12.9. The molecule has 0 bridgehead atoms. The summed E-state index contributed by atoms with van der Waals surface area (Å²) in [6, 6.07) is 5.88. The third kappa shape index (κ3) is 2.70. The van der Waals surface area contributed by atoms with Crippen molar-refractivity contribution in [2.24, 2.45) is 5.73 Å². The highest BCUT2D eigenvalue weighted by Crippen LogP contribution is 2.27. The smallest absolute Gasteiger partial charge is 0.123 e. The van der Waals surface area contributed by atoms with Crippen molar-refractivity contribution in [2.75, 3.05) is 13.1 Å². The number of likely N-dealkylation sites (tertiary alicyclic amines) is 1. The average Bonchev–Trinajstić information content (AvgIpc) is 2.61. The second kappa shape index (κ2) is 5.32. The molecule has 1 aliphatic heterocycles. The number of hydrogen-bond acceptors (Lipinski definition) is 4. The summed E-state index contributed by atoms with van der Waals surface area (Å²) in [7, 11) is 0. The molecule has 1 saturated heterocycles. The number of halogens is 1. The van der Waals surface area contributed by atoms with Gasteiger partial charge in [0.2, 0.25) is 0 Å². The van der Waals surface area contributed by atoms with Gasteiger partial charge in [-0.25, -0.2) is 4.39 Å². The molecule has 4 nitrogen and oxygen atoms in total. The second-order valence-electron chi connectivity index (χ2n) is 4.94. The lowest BCUT2D eigenvalue weighted by Crippen LogP contribution is -2.39. The fourth-order valence-electron chi connectivity index (χ4n) is 2.53. The Morgan fingerprint density at radius 3 is 2.17 bits per heavy atom. The Morgan fingerprint density at radius 1 is 1.22 bits per heavy atom. The molecular formula is C13H19FN2O2. The van der Waals surface area contributed by atoms with Crippen LogP contribution in [0, 0.1) is 5.82 Å². The number of rotatable bonds is 3. The fraction of sp³-hybridized carbons (Fsp3) is 0.538. The molecule has 0 spiro atoms. The van der Waals surface area contributed by atoms with Gasteiger partial charge >= 0.3 is 0 Å². The molecule has 100 valence electrons. The fourth-order valence-corrected chi connectivity index (χ4v) is 2.53. The van der Waals surface area contributed by atoms with Gasteiger partial charge in [-0.2, -0.15) is 0 Å². The number of β-amino-alcohol motifs (C(OH)–C–C–N with tert-alkyl or cyclic N) is 2. The summed E-state index contributed by atoms with van der Waals surface area (Å²) >= 11 is 0. The Kier molecular flexibility index (Phi) is 3.97. The van der Waals surface area contributed by atoms with Gasteiger partial charge in [0.1, 0.15) is 5.82 Å². The minimum absolute atomic E-state index is 0.127. The highest BCUT2D eigenvalue weighted by Gasteiger charge is 2.35. The number of aliphatic hydroxyl groups is 2. The Hall–Kier alpha value is -1.01. The second-order valence-corrected chi connectivity index (χ2v) is 4.94. The van der Waals surface area contributed by atoms with Crippen LogP contribution in [0.4, 0.5) is 4.39 Å². The van der Waals surface area contributed by atoms with Gasteiger partial charge in [0.25, 0.3) is 0 Å². The van der Waals surface area contributed by atoms with E-state index < -0.39 is 12.2 Å². The van der Waals surface area contributed by atoms with E-state index in [0.717, 1.165) is 5.56 Å². The summed E-state index contributed by atoms with van der Waals surface area (Å²) in [5, 5.41) is 19.2. The molecule has 18 heavy (non-hydrogen) atoms. The summed E-state index contributed by atoms with van der Waals surface area (Å²) in [5.41, 5.74) is 6.87. The SMILES string of the molecule is CC(N)C(c1ccc(F)cc1)N1CC(O)C(O)C1. The van der Waals surface area contributed by atoms with Gasteiger partial charge < -0.3 is 15.9 Å². The molecule has 0 aromatic heterocycles. The van der Waals surface area contributed by atoms with Crippen molar-refractivity contribution >= 4 is 0 Å². The first-order chi connectivity index (χ1) is 8.49. The molecule has 1 heterocycles. The molecule has 1 aromatic carbocycles. The van der Waals surface area contributed by atoms with E-state index in [1.165, 1.54) is 12.1 Å². The molecule has 5 heteroatoms. The lowest BCUT2D eigenvalue weighted by molar-refractivity contribution is 0.0572. The van der Waals surface area contributed by atoms with E-state index in [1.807, 2.05) is 11.8 Å². The van der Waals surface area contributed by atoms with Gasteiger partial charge in [-0.3, -0.25) is 4.90 Å². The first-order valence-electron chi connectivity index (χ1n) is 6.10. The minimum atomic E-state index is -0.744. The standard InChI is InChI=1S/C13H19FN2O2/c1-8(15)13(9-2-4-10(14)5-3-9)16-6-11(17)12(18)7-16/h2-5,8,11-13,17-18H,6-7,15H2,1H3. The maximum Gasteiger partial charge on any atom is 0.123 e. The first-order valence-corrected chi connectivity index (χ1v) is 6.10. The predicted molar refractivity (Wildman–Crippen MR) is 66.4 cm³/mol. The Balaban J connectivity index is 2.21. The van der Waals surface area contributed by atoms with Crippen LogP contribution in [-0.4, -0.2) is 46.5 Å². The van der Waals surface area contributed by atoms with Crippen LogP contribution in [0.5, 0.6) is 0 Å². The van der Waals surface area contributed by atoms with Crippen LogP contribution in [0.15, 0.2) is 24.3 Å². The summed E-state index contributed by atoms with van der Waals surface area (Å²) in [5.74, 6) is -0.288. The third-order valence-corrected chi connectivity index (χ3v) is 3.39. The number of benzene rings is 1. The van der Waals surface area contributed by atoms with Crippen molar-refractivity contribution in [3.05, 3.63) is 35.6 Å². The Morgan fingerprint density at radius 2 is 1.72 bits per heavy atom. The van der Waals surface area contributed by atoms with Crippen LogP contribution in [0.1, 0.15) is 18.5 Å². The van der Waals surface area contributed by atoms with E-state index in [4.69, 9.17) is 5.73 Å². The quantitative estimate of drug-likeness (QED) is 0.723. The van der Waals surface area contributed by atoms with Crippen molar-refractivity contribution in [3.63, 3.8) is 0 Å².